The maximum atomic E-state index is 11.5. The normalized spacial score (nSPS) is 10.4. The number of carboxylic acid groups (broad SMARTS) is 1. The zero-order valence-electron chi connectivity index (χ0n) is 13.4. The highest BCUT2D eigenvalue weighted by Gasteiger charge is 2.14. The van der Waals surface area contributed by atoms with Crippen LogP contribution in [0.4, 0.5) is 0 Å². The Morgan fingerprint density at radius 1 is 0.917 bits per heavy atom. The van der Waals surface area contributed by atoms with Crippen molar-refractivity contribution in [1.29, 1.82) is 0 Å². The molecule has 0 bridgehead atoms. The molecule has 0 aromatic heterocycles. The number of carbonyl (C=O) groups is 1. The predicted octanol–water partition coefficient (Wildman–Crippen LogP) is 5.41. The molecule has 0 aliphatic carbocycles. The number of aromatic carboxylic acids is 1. The summed E-state index contributed by atoms with van der Waals surface area (Å²) in [5.41, 5.74) is 3.15. The van der Waals surface area contributed by atoms with Crippen molar-refractivity contribution in [3.05, 3.63) is 83.9 Å². The third-order valence-electron chi connectivity index (χ3n) is 3.88. The molecule has 0 heterocycles. The number of carboxylic acids is 1. The Labute approximate surface area is 141 Å². The van der Waals surface area contributed by atoms with Crippen LogP contribution in [-0.4, -0.2) is 11.1 Å². The molecule has 0 spiro atoms. The van der Waals surface area contributed by atoms with Crippen molar-refractivity contribution in [3.8, 4) is 22.6 Å². The average Bonchev–Trinajstić information content (AvgIpc) is 2.62. The van der Waals surface area contributed by atoms with Crippen LogP contribution < -0.4 is 4.74 Å². The lowest BCUT2D eigenvalue weighted by Gasteiger charge is -2.14. The molecular formula is C21H18O3. The number of ether oxygens (including phenoxy) is 1. The molecule has 3 nitrogen and oxygen atoms in total. The molecule has 3 aromatic rings. The summed E-state index contributed by atoms with van der Waals surface area (Å²) in [7, 11) is 0. The van der Waals surface area contributed by atoms with Crippen LogP contribution in [0.1, 0.15) is 22.8 Å². The van der Waals surface area contributed by atoms with Crippen LogP contribution in [0.15, 0.2) is 72.8 Å². The topological polar surface area (TPSA) is 46.5 Å². The molecule has 0 aliphatic rings. The molecule has 0 saturated heterocycles. The largest absolute Gasteiger partial charge is 0.478 e. The van der Waals surface area contributed by atoms with E-state index in [9.17, 15) is 9.90 Å². The first-order valence-electron chi connectivity index (χ1n) is 7.87. The highest BCUT2D eigenvalue weighted by Crippen LogP contribution is 2.34. The summed E-state index contributed by atoms with van der Waals surface area (Å²) >= 11 is 0. The number of aryl methyl sites for hydroxylation is 1. The van der Waals surface area contributed by atoms with E-state index in [0.717, 1.165) is 23.1 Å². The van der Waals surface area contributed by atoms with Gasteiger partial charge in [-0.2, -0.15) is 0 Å². The van der Waals surface area contributed by atoms with Gasteiger partial charge in [-0.25, -0.2) is 4.79 Å². The summed E-state index contributed by atoms with van der Waals surface area (Å²) < 4.78 is 6.02. The number of hydrogen-bond donors (Lipinski definition) is 1. The Morgan fingerprint density at radius 2 is 1.62 bits per heavy atom. The van der Waals surface area contributed by atoms with Crippen LogP contribution in [0.3, 0.4) is 0 Å². The van der Waals surface area contributed by atoms with Crippen LogP contribution in [0, 0.1) is 0 Å². The standard InChI is InChI=1S/C21H18O3/c1-2-15-12-13-18(21(22)23)20(14-15)24-19-11-7-6-10-17(19)16-8-4-3-5-9-16/h3-14H,2H2,1H3,(H,22,23). The number of rotatable bonds is 5. The van der Waals surface area contributed by atoms with Gasteiger partial charge in [-0.15, -0.1) is 0 Å². The van der Waals surface area contributed by atoms with Gasteiger partial charge in [-0.3, -0.25) is 0 Å². The fourth-order valence-electron chi connectivity index (χ4n) is 2.58. The average molecular weight is 318 g/mol. The summed E-state index contributed by atoms with van der Waals surface area (Å²) in [6, 6.07) is 22.8. The van der Waals surface area contributed by atoms with Gasteiger partial charge in [0.15, 0.2) is 0 Å². The minimum absolute atomic E-state index is 0.162. The van der Waals surface area contributed by atoms with E-state index in [4.69, 9.17) is 4.74 Å². The monoisotopic (exact) mass is 318 g/mol. The maximum absolute atomic E-state index is 11.5. The van der Waals surface area contributed by atoms with Gasteiger partial charge in [-0.1, -0.05) is 61.5 Å². The Bertz CT molecular complexity index is 854. The second kappa shape index (κ2) is 7.01. The minimum Gasteiger partial charge on any atom is -0.478 e. The molecule has 0 atom stereocenters. The molecule has 0 radical (unpaired) electrons. The van der Waals surface area contributed by atoms with Gasteiger partial charge in [0.05, 0.1) is 0 Å². The SMILES string of the molecule is CCc1ccc(C(=O)O)c(Oc2ccccc2-c2ccccc2)c1. The van der Waals surface area contributed by atoms with Gasteiger partial charge >= 0.3 is 5.97 Å². The zero-order chi connectivity index (χ0) is 16.9. The molecular weight excluding hydrogens is 300 g/mol. The first kappa shape index (κ1) is 15.8. The summed E-state index contributed by atoms with van der Waals surface area (Å²) in [6.45, 7) is 2.03. The molecule has 0 aliphatic heterocycles. The number of hydrogen-bond acceptors (Lipinski definition) is 2. The van der Waals surface area contributed by atoms with E-state index in [2.05, 4.69) is 0 Å². The summed E-state index contributed by atoms with van der Waals surface area (Å²) in [5, 5.41) is 9.41. The van der Waals surface area contributed by atoms with E-state index in [1.54, 1.807) is 12.1 Å². The van der Waals surface area contributed by atoms with Crippen LogP contribution in [0.2, 0.25) is 0 Å². The second-order valence-electron chi connectivity index (χ2n) is 5.45. The quantitative estimate of drug-likeness (QED) is 0.684. The fourth-order valence-corrected chi connectivity index (χ4v) is 2.58. The van der Waals surface area contributed by atoms with Gasteiger partial charge < -0.3 is 9.84 Å². The van der Waals surface area contributed by atoms with Crippen molar-refractivity contribution in [3.63, 3.8) is 0 Å². The maximum Gasteiger partial charge on any atom is 0.339 e. The van der Waals surface area contributed by atoms with Crippen molar-refractivity contribution in [1.82, 2.24) is 0 Å². The van der Waals surface area contributed by atoms with E-state index < -0.39 is 5.97 Å². The molecule has 24 heavy (non-hydrogen) atoms. The third-order valence-corrected chi connectivity index (χ3v) is 3.88. The Morgan fingerprint density at radius 3 is 2.33 bits per heavy atom. The van der Waals surface area contributed by atoms with Crippen molar-refractivity contribution >= 4 is 5.97 Å². The lowest BCUT2D eigenvalue weighted by atomic mass is 10.0. The molecule has 0 amide bonds. The van der Waals surface area contributed by atoms with Crippen molar-refractivity contribution < 1.29 is 14.6 Å². The van der Waals surface area contributed by atoms with Crippen molar-refractivity contribution in [2.75, 3.05) is 0 Å². The van der Waals surface area contributed by atoms with E-state index in [1.807, 2.05) is 67.6 Å². The molecule has 0 unspecified atom stereocenters. The van der Waals surface area contributed by atoms with Gasteiger partial charge in [0, 0.05) is 5.56 Å². The van der Waals surface area contributed by atoms with E-state index >= 15 is 0 Å². The van der Waals surface area contributed by atoms with Crippen LogP contribution in [-0.2, 0) is 6.42 Å². The highest BCUT2D eigenvalue weighted by molar-refractivity contribution is 5.91. The smallest absolute Gasteiger partial charge is 0.339 e. The Balaban J connectivity index is 2.05. The Hall–Kier alpha value is -3.07. The van der Waals surface area contributed by atoms with Gasteiger partial charge in [0.2, 0.25) is 0 Å². The van der Waals surface area contributed by atoms with Gasteiger partial charge in [0.25, 0.3) is 0 Å². The highest BCUT2D eigenvalue weighted by atomic mass is 16.5. The molecule has 0 saturated carbocycles. The van der Waals surface area contributed by atoms with Gasteiger partial charge in [-0.05, 0) is 35.7 Å². The van der Waals surface area contributed by atoms with Crippen LogP contribution >= 0.6 is 0 Å². The molecule has 3 rings (SSSR count). The van der Waals surface area contributed by atoms with Crippen LogP contribution in [0.25, 0.3) is 11.1 Å². The molecule has 3 aromatic carbocycles. The summed E-state index contributed by atoms with van der Waals surface area (Å²) in [4.78, 5) is 11.5. The second-order valence-corrected chi connectivity index (χ2v) is 5.45. The molecule has 120 valence electrons. The molecule has 3 heteroatoms. The first-order chi connectivity index (χ1) is 11.7. The van der Waals surface area contributed by atoms with Crippen molar-refractivity contribution in [2.45, 2.75) is 13.3 Å². The lowest BCUT2D eigenvalue weighted by Crippen LogP contribution is -2.01. The van der Waals surface area contributed by atoms with E-state index in [0.29, 0.717) is 11.5 Å². The molecule has 1 N–H and O–H groups in total. The predicted molar refractivity (Wildman–Crippen MR) is 94.7 cm³/mol. The first-order valence-corrected chi connectivity index (χ1v) is 7.87. The fraction of sp³-hybridized carbons (Fsp3) is 0.0952. The van der Waals surface area contributed by atoms with Crippen molar-refractivity contribution in [2.24, 2.45) is 0 Å². The van der Waals surface area contributed by atoms with E-state index in [-0.39, 0.29) is 5.56 Å². The zero-order valence-corrected chi connectivity index (χ0v) is 13.4. The summed E-state index contributed by atoms with van der Waals surface area (Å²) in [6.07, 6.45) is 0.816. The van der Waals surface area contributed by atoms with E-state index in [1.165, 1.54) is 0 Å². The lowest BCUT2D eigenvalue weighted by molar-refractivity contribution is 0.0694. The number of benzene rings is 3. The summed E-state index contributed by atoms with van der Waals surface area (Å²) in [5.74, 6) is 0.00882. The molecule has 0 fully saturated rings. The number of para-hydroxylation sites is 1. The Kier molecular flexibility index (Phi) is 4.62. The third kappa shape index (κ3) is 3.30. The minimum atomic E-state index is -0.996. The van der Waals surface area contributed by atoms with Gasteiger partial charge in [0.1, 0.15) is 17.1 Å². The van der Waals surface area contributed by atoms with Crippen LogP contribution in [0.5, 0.6) is 11.5 Å².